The minimum Gasteiger partial charge on any atom is -0.388 e. The van der Waals surface area contributed by atoms with Gasteiger partial charge in [-0.2, -0.15) is 0 Å². The maximum atomic E-state index is 10.5. The summed E-state index contributed by atoms with van der Waals surface area (Å²) in [6.45, 7) is 9.98. The van der Waals surface area contributed by atoms with Crippen LogP contribution in [0.4, 0.5) is 0 Å². The van der Waals surface area contributed by atoms with E-state index in [0.29, 0.717) is 12.6 Å². The normalized spacial score (nSPS) is 33.4. The van der Waals surface area contributed by atoms with Crippen molar-refractivity contribution in [1.29, 1.82) is 0 Å². The lowest BCUT2D eigenvalue weighted by molar-refractivity contribution is -0.176. The Morgan fingerprint density at radius 3 is 2.41 bits per heavy atom. The molecular formula is C17H33N3O2. The first-order valence-corrected chi connectivity index (χ1v) is 8.59. The second kappa shape index (κ2) is 6.36. The molecule has 2 fully saturated rings. The van der Waals surface area contributed by atoms with Crippen molar-refractivity contribution in [3.05, 3.63) is 0 Å². The van der Waals surface area contributed by atoms with Crippen molar-refractivity contribution in [2.75, 3.05) is 20.2 Å². The Labute approximate surface area is 134 Å². The summed E-state index contributed by atoms with van der Waals surface area (Å²) >= 11 is 0. The van der Waals surface area contributed by atoms with Crippen molar-refractivity contribution in [1.82, 2.24) is 10.6 Å². The van der Waals surface area contributed by atoms with Gasteiger partial charge < -0.3 is 20.5 Å². The molecule has 0 saturated heterocycles. The van der Waals surface area contributed by atoms with Crippen molar-refractivity contribution >= 4 is 5.96 Å². The predicted octanol–water partition coefficient (Wildman–Crippen LogP) is 2.05. The van der Waals surface area contributed by atoms with Gasteiger partial charge in [-0.25, -0.2) is 0 Å². The van der Waals surface area contributed by atoms with E-state index in [1.165, 1.54) is 0 Å². The zero-order chi connectivity index (χ0) is 16.4. The topological polar surface area (TPSA) is 65.9 Å². The summed E-state index contributed by atoms with van der Waals surface area (Å²) in [5.74, 6) is 0.805. The van der Waals surface area contributed by atoms with Crippen LogP contribution in [0.15, 0.2) is 4.99 Å². The van der Waals surface area contributed by atoms with Crippen molar-refractivity contribution in [3.8, 4) is 0 Å². The lowest BCUT2D eigenvalue weighted by atomic mass is 9.56. The molecule has 2 saturated carbocycles. The molecule has 0 aromatic heterocycles. The Hall–Kier alpha value is -0.810. The molecule has 0 aliphatic heterocycles. The quantitative estimate of drug-likeness (QED) is 0.537. The van der Waals surface area contributed by atoms with Gasteiger partial charge in [0.2, 0.25) is 0 Å². The molecule has 5 nitrogen and oxygen atoms in total. The molecule has 0 aromatic rings. The van der Waals surface area contributed by atoms with Gasteiger partial charge in [0.05, 0.1) is 17.7 Å². The Morgan fingerprint density at radius 2 is 1.91 bits per heavy atom. The number of hydrogen-bond donors (Lipinski definition) is 3. The van der Waals surface area contributed by atoms with Gasteiger partial charge in [0.1, 0.15) is 0 Å². The average molecular weight is 311 g/mol. The Bertz CT molecular complexity index is 416. The minimum absolute atomic E-state index is 0.0439. The summed E-state index contributed by atoms with van der Waals surface area (Å²) in [7, 11) is 1.78. The average Bonchev–Trinajstić information content (AvgIpc) is 2.91. The van der Waals surface area contributed by atoms with Crippen LogP contribution in [0, 0.1) is 5.41 Å². The number of rotatable bonds is 5. The number of methoxy groups -OCH3 is 1. The van der Waals surface area contributed by atoms with Gasteiger partial charge in [-0.15, -0.1) is 0 Å². The molecule has 3 N–H and O–H groups in total. The monoisotopic (exact) mass is 311 g/mol. The molecule has 2 aliphatic rings. The third kappa shape index (κ3) is 3.25. The molecule has 0 bridgehead atoms. The van der Waals surface area contributed by atoms with Gasteiger partial charge in [0.25, 0.3) is 0 Å². The van der Waals surface area contributed by atoms with E-state index in [4.69, 9.17) is 4.74 Å². The van der Waals surface area contributed by atoms with E-state index >= 15 is 0 Å². The molecule has 2 unspecified atom stereocenters. The Kier molecular flexibility index (Phi) is 5.07. The van der Waals surface area contributed by atoms with E-state index in [2.05, 4.69) is 43.3 Å². The van der Waals surface area contributed by atoms with Crippen LogP contribution in [0.2, 0.25) is 0 Å². The maximum Gasteiger partial charge on any atom is 0.191 e. The zero-order valence-electron chi connectivity index (χ0n) is 14.8. The third-order valence-electron chi connectivity index (χ3n) is 6.00. The van der Waals surface area contributed by atoms with Crippen LogP contribution in [0.1, 0.15) is 59.8 Å². The van der Waals surface area contributed by atoms with E-state index in [0.717, 1.165) is 44.6 Å². The number of ether oxygens (including phenoxy) is 1. The first-order valence-electron chi connectivity index (χ1n) is 8.59. The second-order valence-corrected chi connectivity index (χ2v) is 7.68. The zero-order valence-corrected chi connectivity index (χ0v) is 14.8. The smallest absolute Gasteiger partial charge is 0.191 e. The number of guanidine groups is 1. The van der Waals surface area contributed by atoms with Gasteiger partial charge in [-0.3, -0.25) is 4.99 Å². The van der Waals surface area contributed by atoms with Gasteiger partial charge in [0, 0.05) is 25.1 Å². The van der Waals surface area contributed by atoms with Crippen LogP contribution in [0.3, 0.4) is 0 Å². The molecule has 22 heavy (non-hydrogen) atoms. The number of nitrogens with one attached hydrogen (secondary N) is 2. The van der Waals surface area contributed by atoms with Crippen LogP contribution in [0.25, 0.3) is 0 Å². The van der Waals surface area contributed by atoms with Gasteiger partial charge >= 0.3 is 0 Å². The first-order chi connectivity index (χ1) is 10.3. The number of nitrogens with zero attached hydrogens (tertiary/aromatic N) is 1. The van der Waals surface area contributed by atoms with Crippen LogP contribution in [-0.4, -0.2) is 48.5 Å². The molecular weight excluding hydrogens is 278 g/mol. The summed E-state index contributed by atoms with van der Waals surface area (Å²) in [5.41, 5.74) is -0.646. The lowest BCUT2D eigenvalue weighted by Gasteiger charge is -2.59. The molecule has 2 rings (SSSR count). The summed E-state index contributed by atoms with van der Waals surface area (Å²) in [6.07, 6.45) is 4.92. The fourth-order valence-corrected chi connectivity index (χ4v) is 3.63. The van der Waals surface area contributed by atoms with Gasteiger partial charge in [0.15, 0.2) is 5.96 Å². The van der Waals surface area contributed by atoms with Crippen LogP contribution in [0.5, 0.6) is 0 Å². The SMILES string of the molecule is CCNC(=NCC1(O)CCCC1)NC1CC(C)(OC)C1(C)C. The number of aliphatic imine (C=N–C) groups is 1. The fourth-order valence-electron chi connectivity index (χ4n) is 3.63. The van der Waals surface area contributed by atoms with E-state index < -0.39 is 5.60 Å². The largest absolute Gasteiger partial charge is 0.388 e. The van der Waals surface area contributed by atoms with Gasteiger partial charge in [-0.1, -0.05) is 26.7 Å². The summed E-state index contributed by atoms with van der Waals surface area (Å²) in [5, 5.41) is 17.3. The highest BCUT2D eigenvalue weighted by molar-refractivity contribution is 5.80. The molecule has 0 spiro atoms. The number of hydrogen-bond acceptors (Lipinski definition) is 3. The highest BCUT2D eigenvalue weighted by Gasteiger charge is 2.58. The van der Waals surface area contributed by atoms with Crippen molar-refractivity contribution in [2.45, 2.75) is 77.0 Å². The third-order valence-corrected chi connectivity index (χ3v) is 6.00. The molecule has 128 valence electrons. The molecule has 0 aromatic carbocycles. The van der Waals surface area contributed by atoms with E-state index in [1.54, 1.807) is 7.11 Å². The minimum atomic E-state index is -0.599. The van der Waals surface area contributed by atoms with E-state index in [-0.39, 0.29) is 11.0 Å². The highest BCUT2D eigenvalue weighted by Crippen LogP contribution is 2.51. The second-order valence-electron chi connectivity index (χ2n) is 7.68. The van der Waals surface area contributed by atoms with Gasteiger partial charge in [-0.05, 0) is 33.1 Å². The Balaban J connectivity index is 1.98. The molecule has 0 heterocycles. The molecule has 5 heteroatoms. The number of aliphatic hydroxyl groups is 1. The van der Waals surface area contributed by atoms with Crippen molar-refractivity contribution in [2.24, 2.45) is 10.4 Å². The summed E-state index contributed by atoms with van der Waals surface area (Å²) in [4.78, 5) is 4.63. The van der Waals surface area contributed by atoms with E-state index in [1.807, 2.05) is 0 Å². The lowest BCUT2D eigenvalue weighted by Crippen LogP contribution is -2.69. The van der Waals surface area contributed by atoms with Crippen molar-refractivity contribution < 1.29 is 9.84 Å². The summed E-state index contributed by atoms with van der Waals surface area (Å²) < 4.78 is 5.68. The van der Waals surface area contributed by atoms with Crippen LogP contribution >= 0.6 is 0 Å². The predicted molar refractivity (Wildman–Crippen MR) is 90.1 cm³/mol. The molecule has 2 atom stereocenters. The first kappa shape index (κ1) is 17.5. The molecule has 2 aliphatic carbocycles. The van der Waals surface area contributed by atoms with E-state index in [9.17, 15) is 5.11 Å². The summed E-state index contributed by atoms with van der Waals surface area (Å²) in [6, 6.07) is 0.327. The highest BCUT2D eigenvalue weighted by atomic mass is 16.5. The maximum absolute atomic E-state index is 10.5. The molecule has 0 amide bonds. The fraction of sp³-hybridized carbons (Fsp3) is 0.941. The molecule has 0 radical (unpaired) electrons. The van der Waals surface area contributed by atoms with Crippen LogP contribution in [-0.2, 0) is 4.74 Å². The van der Waals surface area contributed by atoms with Crippen LogP contribution < -0.4 is 10.6 Å². The van der Waals surface area contributed by atoms with Crippen molar-refractivity contribution in [3.63, 3.8) is 0 Å². The standard InChI is InChI=1S/C17H33N3O2/c1-6-18-14(19-12-17(21)9-7-8-10-17)20-13-11-16(4,22-5)15(13,2)3/h13,21H,6-12H2,1-5H3,(H2,18,19,20). The Morgan fingerprint density at radius 1 is 1.27 bits per heavy atom.